The third kappa shape index (κ3) is 4.01. The van der Waals surface area contributed by atoms with Gasteiger partial charge >= 0.3 is 0 Å². The molecule has 0 bridgehead atoms. The van der Waals surface area contributed by atoms with Crippen molar-refractivity contribution >= 4 is 38.9 Å². The lowest BCUT2D eigenvalue weighted by molar-refractivity contribution is 0.623. The van der Waals surface area contributed by atoms with Crippen LogP contribution in [0, 0.1) is 0 Å². The van der Waals surface area contributed by atoms with Crippen LogP contribution in [0.3, 0.4) is 0 Å². The number of oxazole rings is 1. The zero-order valence-electron chi connectivity index (χ0n) is 28.7. The summed E-state index contributed by atoms with van der Waals surface area (Å²) in [4.78, 5) is 7.41. The molecule has 0 radical (unpaired) electrons. The molecule has 1 aromatic heterocycles. The number of rotatable bonds is 4. The fourth-order valence-corrected chi connectivity index (χ4v) is 8.72. The van der Waals surface area contributed by atoms with Crippen LogP contribution in [-0.2, 0) is 10.8 Å². The van der Waals surface area contributed by atoms with E-state index in [0.29, 0.717) is 5.89 Å². The fourth-order valence-electron chi connectivity index (χ4n) is 8.72. The maximum atomic E-state index is 6.69. The highest BCUT2D eigenvalue weighted by Crippen LogP contribution is 2.53. The maximum absolute atomic E-state index is 6.69. The standard InChI is InChI=1S/C47H36N2O/c1-46(2)37-18-10-8-16-33(37)35-24-22-31(27-39(35)46)49(32-23-25-36-34-17-9-11-19-38(34)47(3,4)40(36)28-32)42-20-12-15-29-21-26-41-44(43(29)42)50-45(48-41)30-13-6-5-7-14-30/h5-28H,1-4H3. The Balaban J connectivity index is 1.24. The van der Waals surface area contributed by atoms with Gasteiger partial charge in [0.2, 0.25) is 5.89 Å². The summed E-state index contributed by atoms with van der Waals surface area (Å²) in [5, 5.41) is 2.16. The van der Waals surface area contributed by atoms with Crippen LogP contribution in [0.4, 0.5) is 17.1 Å². The van der Waals surface area contributed by atoms with E-state index in [1.165, 1.54) is 44.5 Å². The molecule has 0 saturated heterocycles. The van der Waals surface area contributed by atoms with E-state index in [-0.39, 0.29) is 10.8 Å². The Labute approximate surface area is 292 Å². The number of aromatic nitrogens is 1. The van der Waals surface area contributed by atoms with Crippen molar-refractivity contribution < 1.29 is 4.42 Å². The minimum absolute atomic E-state index is 0.128. The average Bonchev–Trinajstić information content (AvgIpc) is 3.76. The number of hydrogen-bond donors (Lipinski definition) is 0. The highest BCUT2D eigenvalue weighted by atomic mass is 16.3. The van der Waals surface area contributed by atoms with E-state index >= 15 is 0 Å². The Hall–Kier alpha value is -5.93. The van der Waals surface area contributed by atoms with Crippen LogP contribution in [0.2, 0.25) is 0 Å². The highest BCUT2D eigenvalue weighted by Gasteiger charge is 2.38. The zero-order chi connectivity index (χ0) is 33.8. The molecule has 0 atom stereocenters. The summed E-state index contributed by atoms with van der Waals surface area (Å²) in [5.74, 6) is 0.628. The Kier molecular flexibility index (Phi) is 5.97. The molecule has 0 fully saturated rings. The number of fused-ring (bicyclic) bond motifs is 9. The first-order valence-corrected chi connectivity index (χ1v) is 17.5. The normalized spacial score (nSPS) is 14.7. The Morgan fingerprint density at radius 1 is 0.500 bits per heavy atom. The van der Waals surface area contributed by atoms with Crippen LogP contribution in [0.15, 0.2) is 150 Å². The molecule has 0 unspecified atom stereocenters. The highest BCUT2D eigenvalue weighted by molar-refractivity contribution is 6.12. The van der Waals surface area contributed by atoms with Gasteiger partial charge in [0.15, 0.2) is 5.58 Å². The predicted octanol–water partition coefficient (Wildman–Crippen LogP) is 12.7. The quantitative estimate of drug-likeness (QED) is 0.191. The van der Waals surface area contributed by atoms with E-state index in [4.69, 9.17) is 9.40 Å². The van der Waals surface area contributed by atoms with Crippen molar-refractivity contribution in [1.29, 1.82) is 0 Å². The van der Waals surface area contributed by atoms with Crippen molar-refractivity contribution in [3.8, 4) is 33.7 Å². The molecule has 1 heterocycles. The van der Waals surface area contributed by atoms with Crippen LogP contribution in [-0.4, -0.2) is 4.98 Å². The van der Waals surface area contributed by atoms with Gasteiger partial charge < -0.3 is 9.32 Å². The molecule has 50 heavy (non-hydrogen) atoms. The summed E-state index contributed by atoms with van der Waals surface area (Å²) in [5.41, 5.74) is 16.3. The SMILES string of the molecule is CC1(C)c2ccccc2-c2ccc(N(c3ccc4c(c3)C(C)(C)c3ccccc3-4)c3cccc4ccc5nc(-c6ccccc6)oc5c34)cc21. The van der Waals surface area contributed by atoms with Crippen molar-refractivity contribution in [3.63, 3.8) is 0 Å². The smallest absolute Gasteiger partial charge is 0.227 e. The van der Waals surface area contributed by atoms with Gasteiger partial charge in [-0.1, -0.05) is 125 Å². The molecule has 3 nitrogen and oxygen atoms in total. The molecule has 10 rings (SSSR count). The molecule has 3 heteroatoms. The van der Waals surface area contributed by atoms with Gasteiger partial charge in [0.05, 0.1) is 11.1 Å². The van der Waals surface area contributed by atoms with Crippen molar-refractivity contribution in [3.05, 3.63) is 168 Å². The minimum atomic E-state index is -0.128. The third-order valence-corrected chi connectivity index (χ3v) is 11.3. The van der Waals surface area contributed by atoms with Crippen LogP contribution in [0.5, 0.6) is 0 Å². The summed E-state index contributed by atoms with van der Waals surface area (Å²) < 4.78 is 6.69. The number of nitrogens with zero attached hydrogens (tertiary/aromatic N) is 2. The molecule has 0 saturated carbocycles. The van der Waals surface area contributed by atoms with E-state index in [2.05, 4.69) is 160 Å². The zero-order valence-corrected chi connectivity index (χ0v) is 28.7. The second-order valence-corrected chi connectivity index (χ2v) is 14.8. The van der Waals surface area contributed by atoms with E-state index in [1.54, 1.807) is 0 Å². The molecular formula is C47H36N2O. The average molecular weight is 645 g/mol. The molecule has 2 aliphatic carbocycles. The monoisotopic (exact) mass is 644 g/mol. The lowest BCUT2D eigenvalue weighted by atomic mass is 9.82. The van der Waals surface area contributed by atoms with Crippen LogP contribution in [0.1, 0.15) is 49.9 Å². The first-order valence-electron chi connectivity index (χ1n) is 17.5. The second kappa shape index (κ2) is 10.3. The minimum Gasteiger partial charge on any atom is -0.435 e. The summed E-state index contributed by atoms with van der Waals surface area (Å²) >= 11 is 0. The summed E-state index contributed by atoms with van der Waals surface area (Å²) in [6.07, 6.45) is 0. The molecule has 0 aliphatic heterocycles. The van der Waals surface area contributed by atoms with Crippen molar-refractivity contribution in [2.75, 3.05) is 4.90 Å². The molecular weight excluding hydrogens is 609 g/mol. The van der Waals surface area contributed by atoms with Gasteiger partial charge in [0, 0.05) is 27.8 Å². The van der Waals surface area contributed by atoms with Crippen LogP contribution < -0.4 is 4.90 Å². The molecule has 2 aliphatic rings. The van der Waals surface area contributed by atoms with Gasteiger partial charge in [0.25, 0.3) is 0 Å². The third-order valence-electron chi connectivity index (χ3n) is 11.3. The van der Waals surface area contributed by atoms with Gasteiger partial charge in [-0.15, -0.1) is 0 Å². The predicted molar refractivity (Wildman–Crippen MR) is 207 cm³/mol. The molecule has 0 N–H and O–H groups in total. The van der Waals surface area contributed by atoms with E-state index in [9.17, 15) is 0 Å². The molecule has 7 aromatic carbocycles. The summed E-state index contributed by atoms with van der Waals surface area (Å²) in [6, 6.07) is 52.7. The van der Waals surface area contributed by atoms with Crippen molar-refractivity contribution in [1.82, 2.24) is 4.98 Å². The first-order chi connectivity index (χ1) is 24.3. The van der Waals surface area contributed by atoms with Gasteiger partial charge in [-0.05, 0) is 98.4 Å². The second-order valence-electron chi connectivity index (χ2n) is 14.8. The van der Waals surface area contributed by atoms with Gasteiger partial charge in [-0.3, -0.25) is 0 Å². The van der Waals surface area contributed by atoms with E-state index in [0.717, 1.165) is 44.5 Å². The lowest BCUT2D eigenvalue weighted by Crippen LogP contribution is -2.18. The first kappa shape index (κ1) is 29.0. The molecule has 8 aromatic rings. The van der Waals surface area contributed by atoms with E-state index in [1.807, 2.05) is 18.2 Å². The number of hydrogen-bond acceptors (Lipinski definition) is 3. The Bertz CT molecular complexity index is 2550. The number of benzene rings is 7. The topological polar surface area (TPSA) is 29.3 Å². The fraction of sp³-hybridized carbons (Fsp3) is 0.128. The Morgan fingerprint density at radius 2 is 1.06 bits per heavy atom. The Morgan fingerprint density at radius 3 is 1.68 bits per heavy atom. The van der Waals surface area contributed by atoms with E-state index < -0.39 is 0 Å². The summed E-state index contributed by atoms with van der Waals surface area (Å²) in [6.45, 7) is 9.40. The molecule has 240 valence electrons. The van der Waals surface area contributed by atoms with Gasteiger partial charge in [-0.2, -0.15) is 0 Å². The largest absolute Gasteiger partial charge is 0.435 e. The van der Waals surface area contributed by atoms with Crippen molar-refractivity contribution in [2.24, 2.45) is 0 Å². The van der Waals surface area contributed by atoms with Gasteiger partial charge in [0.1, 0.15) is 5.52 Å². The summed E-state index contributed by atoms with van der Waals surface area (Å²) in [7, 11) is 0. The van der Waals surface area contributed by atoms with Crippen molar-refractivity contribution in [2.45, 2.75) is 38.5 Å². The maximum Gasteiger partial charge on any atom is 0.227 e. The lowest BCUT2D eigenvalue weighted by Gasteiger charge is -2.30. The molecule has 0 spiro atoms. The van der Waals surface area contributed by atoms with Gasteiger partial charge in [-0.25, -0.2) is 4.98 Å². The number of anilines is 3. The van der Waals surface area contributed by atoms with Crippen LogP contribution in [0.25, 0.3) is 55.6 Å². The molecule has 0 amide bonds. The van der Waals surface area contributed by atoms with Crippen LogP contribution >= 0.6 is 0 Å².